The van der Waals surface area contributed by atoms with E-state index < -0.39 is 19.1 Å². The molecule has 126 valence electrons. The van der Waals surface area contributed by atoms with Gasteiger partial charge in [-0.15, -0.1) is 11.5 Å². The van der Waals surface area contributed by atoms with Gasteiger partial charge in [0, 0.05) is 6.42 Å². The Balaban J connectivity index is 2.17. The standard InChI is InChI=1S/C20H25NOSSi/c1-17-12-14-19(15-13-17)23(22)21-20(11-8-16-24(2,3)4)18-9-6-5-7-10-18/h5-7,9-10,12-15,20-21H,11H2,1-4H3. The lowest BCUT2D eigenvalue weighted by Crippen LogP contribution is -2.24. The number of rotatable bonds is 5. The zero-order valence-electron chi connectivity index (χ0n) is 14.8. The van der Waals surface area contributed by atoms with Crippen LogP contribution >= 0.6 is 0 Å². The Hall–Kier alpha value is -1.67. The Labute approximate surface area is 149 Å². The predicted octanol–water partition coefficient (Wildman–Crippen LogP) is 4.62. The largest absolute Gasteiger partial charge is 0.237 e. The Kier molecular flexibility index (Phi) is 6.56. The molecule has 2 aromatic carbocycles. The highest BCUT2D eigenvalue weighted by Gasteiger charge is 2.15. The van der Waals surface area contributed by atoms with Crippen LogP contribution in [0.15, 0.2) is 59.5 Å². The summed E-state index contributed by atoms with van der Waals surface area (Å²) in [6, 6.07) is 17.9. The first-order valence-electron chi connectivity index (χ1n) is 8.15. The average molecular weight is 356 g/mol. The lowest BCUT2D eigenvalue weighted by Gasteiger charge is -2.17. The summed E-state index contributed by atoms with van der Waals surface area (Å²) in [5, 5.41) is 0. The number of hydrogen-bond donors (Lipinski definition) is 1. The second-order valence-corrected chi connectivity index (χ2v) is 12.9. The van der Waals surface area contributed by atoms with Crippen LogP contribution in [0, 0.1) is 18.4 Å². The number of hydrogen-bond acceptors (Lipinski definition) is 1. The van der Waals surface area contributed by atoms with Gasteiger partial charge < -0.3 is 0 Å². The third kappa shape index (κ3) is 6.08. The van der Waals surface area contributed by atoms with Gasteiger partial charge in [-0.1, -0.05) is 67.7 Å². The quantitative estimate of drug-likeness (QED) is 0.615. The molecule has 0 aliphatic heterocycles. The van der Waals surface area contributed by atoms with E-state index >= 15 is 0 Å². The lowest BCUT2D eigenvalue weighted by molar-refractivity contribution is 0.636. The third-order valence-corrected chi connectivity index (χ3v) is 5.58. The first-order chi connectivity index (χ1) is 11.3. The van der Waals surface area contributed by atoms with E-state index in [0.29, 0.717) is 6.42 Å². The SMILES string of the molecule is Cc1ccc(S(=O)NC(CC#C[Si](C)(C)C)c2ccccc2)cc1. The van der Waals surface area contributed by atoms with Crippen molar-refractivity contribution in [1.29, 1.82) is 0 Å². The maximum absolute atomic E-state index is 12.7. The van der Waals surface area contributed by atoms with Gasteiger partial charge in [0.15, 0.2) is 0 Å². The number of benzene rings is 2. The minimum atomic E-state index is -1.40. The minimum Gasteiger partial charge on any atom is -0.237 e. The molecule has 0 radical (unpaired) electrons. The zero-order valence-corrected chi connectivity index (χ0v) is 16.6. The Morgan fingerprint density at radius 1 is 1.04 bits per heavy atom. The first kappa shape index (κ1) is 18.7. The van der Waals surface area contributed by atoms with Crippen LogP contribution in [0.3, 0.4) is 0 Å². The summed E-state index contributed by atoms with van der Waals surface area (Å²) in [6.45, 7) is 8.72. The van der Waals surface area contributed by atoms with Crippen LogP contribution in [-0.2, 0) is 11.0 Å². The molecule has 2 unspecified atom stereocenters. The molecular weight excluding hydrogens is 330 g/mol. The Morgan fingerprint density at radius 2 is 1.67 bits per heavy atom. The van der Waals surface area contributed by atoms with Gasteiger partial charge in [-0.2, -0.15) is 0 Å². The molecule has 2 atom stereocenters. The van der Waals surface area contributed by atoms with Gasteiger partial charge in [0.25, 0.3) is 0 Å². The van der Waals surface area contributed by atoms with Crippen LogP contribution in [0.2, 0.25) is 19.6 Å². The molecule has 0 saturated carbocycles. The van der Waals surface area contributed by atoms with Crippen molar-refractivity contribution < 1.29 is 4.21 Å². The predicted molar refractivity (Wildman–Crippen MR) is 106 cm³/mol. The van der Waals surface area contributed by atoms with Crippen LogP contribution in [0.4, 0.5) is 0 Å². The molecule has 0 saturated heterocycles. The van der Waals surface area contributed by atoms with E-state index in [1.54, 1.807) is 0 Å². The van der Waals surface area contributed by atoms with Crippen molar-refractivity contribution >= 4 is 19.1 Å². The first-order valence-corrected chi connectivity index (χ1v) is 12.8. The normalized spacial score (nSPS) is 13.7. The molecule has 2 aromatic rings. The van der Waals surface area contributed by atoms with E-state index in [1.807, 2.05) is 49.4 Å². The smallest absolute Gasteiger partial charge is 0.129 e. The molecule has 0 amide bonds. The van der Waals surface area contributed by atoms with Crippen molar-refractivity contribution in [1.82, 2.24) is 4.72 Å². The molecule has 2 nitrogen and oxygen atoms in total. The summed E-state index contributed by atoms with van der Waals surface area (Å²) >= 11 is 0. The molecule has 0 spiro atoms. The summed E-state index contributed by atoms with van der Waals surface area (Å²) in [7, 11) is -2.65. The van der Waals surface area contributed by atoms with Crippen LogP contribution in [0.5, 0.6) is 0 Å². The van der Waals surface area contributed by atoms with Crippen LogP contribution in [0.25, 0.3) is 0 Å². The van der Waals surface area contributed by atoms with Crippen LogP contribution in [-0.4, -0.2) is 12.3 Å². The van der Waals surface area contributed by atoms with E-state index in [-0.39, 0.29) is 6.04 Å². The van der Waals surface area contributed by atoms with Gasteiger partial charge in [0.05, 0.1) is 10.9 Å². The van der Waals surface area contributed by atoms with E-state index in [0.717, 1.165) is 16.0 Å². The fourth-order valence-electron chi connectivity index (χ4n) is 2.19. The molecule has 0 bridgehead atoms. The number of nitrogens with one attached hydrogen (secondary N) is 1. The molecular formula is C20H25NOSSi. The van der Waals surface area contributed by atoms with Crippen LogP contribution < -0.4 is 4.72 Å². The Bertz CT molecular complexity index is 739. The fourth-order valence-corrected chi connectivity index (χ4v) is 3.82. The number of aryl methyl sites for hydroxylation is 1. The molecule has 1 N–H and O–H groups in total. The highest BCUT2D eigenvalue weighted by Crippen LogP contribution is 2.19. The second-order valence-electron chi connectivity index (χ2n) is 6.92. The second kappa shape index (κ2) is 8.43. The van der Waals surface area contributed by atoms with Gasteiger partial charge in [0.1, 0.15) is 19.1 Å². The highest BCUT2D eigenvalue weighted by atomic mass is 32.2. The minimum absolute atomic E-state index is 0.0443. The van der Waals surface area contributed by atoms with Gasteiger partial charge in [0.2, 0.25) is 0 Å². The van der Waals surface area contributed by atoms with Crippen LogP contribution in [0.1, 0.15) is 23.6 Å². The molecule has 0 aliphatic carbocycles. The topological polar surface area (TPSA) is 29.1 Å². The highest BCUT2D eigenvalue weighted by molar-refractivity contribution is 7.83. The van der Waals surface area contributed by atoms with Crippen molar-refractivity contribution in [2.45, 2.75) is 43.9 Å². The summed E-state index contributed by atoms with van der Waals surface area (Å²) in [5.41, 5.74) is 5.67. The molecule has 24 heavy (non-hydrogen) atoms. The summed E-state index contributed by atoms with van der Waals surface area (Å²) in [6.07, 6.45) is 0.659. The zero-order chi connectivity index (χ0) is 17.6. The summed E-state index contributed by atoms with van der Waals surface area (Å²) in [4.78, 5) is 0.791. The third-order valence-electron chi connectivity index (χ3n) is 3.46. The van der Waals surface area contributed by atoms with Gasteiger partial charge in [-0.05, 0) is 24.6 Å². The molecule has 0 heterocycles. The van der Waals surface area contributed by atoms with E-state index in [4.69, 9.17) is 0 Å². The monoisotopic (exact) mass is 355 g/mol. The van der Waals surface area contributed by atoms with Crippen molar-refractivity contribution in [2.24, 2.45) is 0 Å². The van der Waals surface area contributed by atoms with Crippen molar-refractivity contribution in [3.63, 3.8) is 0 Å². The molecule has 0 aliphatic rings. The fraction of sp³-hybridized carbons (Fsp3) is 0.300. The van der Waals surface area contributed by atoms with E-state index in [1.165, 1.54) is 0 Å². The Morgan fingerprint density at radius 3 is 2.25 bits per heavy atom. The van der Waals surface area contributed by atoms with Gasteiger partial charge in [-0.25, -0.2) is 8.93 Å². The van der Waals surface area contributed by atoms with Crippen molar-refractivity contribution in [3.05, 3.63) is 65.7 Å². The van der Waals surface area contributed by atoms with Crippen molar-refractivity contribution in [3.8, 4) is 11.5 Å². The van der Waals surface area contributed by atoms with Gasteiger partial charge >= 0.3 is 0 Å². The van der Waals surface area contributed by atoms with Gasteiger partial charge in [-0.3, -0.25) is 0 Å². The van der Waals surface area contributed by atoms with E-state index in [9.17, 15) is 4.21 Å². The summed E-state index contributed by atoms with van der Waals surface area (Å²) < 4.78 is 15.9. The molecule has 2 rings (SSSR count). The van der Waals surface area contributed by atoms with E-state index in [2.05, 4.69) is 48.0 Å². The summed E-state index contributed by atoms with van der Waals surface area (Å²) in [5.74, 6) is 3.30. The lowest BCUT2D eigenvalue weighted by atomic mass is 10.1. The van der Waals surface area contributed by atoms with Crippen molar-refractivity contribution in [2.75, 3.05) is 0 Å². The maximum atomic E-state index is 12.7. The average Bonchev–Trinajstić information content (AvgIpc) is 2.54. The maximum Gasteiger partial charge on any atom is 0.129 e. The molecule has 4 heteroatoms. The molecule has 0 fully saturated rings. The molecule has 0 aromatic heterocycles.